The molecule has 0 atom stereocenters. The molecule has 1 saturated heterocycles. The molecule has 2 aromatic heterocycles. The van der Waals surface area contributed by atoms with Gasteiger partial charge in [-0.1, -0.05) is 0 Å². The highest BCUT2D eigenvalue weighted by Crippen LogP contribution is 2.30. The lowest BCUT2D eigenvalue weighted by Crippen LogP contribution is -2.25. The molecule has 0 unspecified atom stereocenters. The van der Waals surface area contributed by atoms with Crippen molar-refractivity contribution in [2.45, 2.75) is 25.8 Å². The van der Waals surface area contributed by atoms with Gasteiger partial charge in [0.25, 0.3) is 0 Å². The molecule has 1 N–H and O–H groups in total. The van der Waals surface area contributed by atoms with Gasteiger partial charge in [0.05, 0.1) is 10.2 Å². The summed E-state index contributed by atoms with van der Waals surface area (Å²) >= 11 is 3.78. The Bertz CT molecular complexity index is 517. The second-order valence-electron chi connectivity index (χ2n) is 4.35. The van der Waals surface area contributed by atoms with E-state index in [0.717, 1.165) is 11.3 Å². The van der Waals surface area contributed by atoms with Crippen LogP contribution in [-0.4, -0.2) is 27.5 Å². The van der Waals surface area contributed by atoms with E-state index in [-0.39, 0.29) is 0 Å². The van der Waals surface area contributed by atoms with Crippen LogP contribution in [0.25, 0.3) is 10.2 Å². The Labute approximate surface area is 109 Å². The molecule has 90 valence electrons. The maximum Gasteiger partial charge on any atom is 0.147 e. The number of aromatic nitrogens is 2. The molecular formula is C12H15N3S2. The first-order valence-electron chi connectivity index (χ1n) is 5.87. The number of anilines is 1. The minimum absolute atomic E-state index is 0.580. The molecule has 0 aromatic carbocycles. The van der Waals surface area contributed by atoms with E-state index in [9.17, 15) is 0 Å². The van der Waals surface area contributed by atoms with Crippen LogP contribution >= 0.6 is 23.1 Å². The number of aryl methyl sites for hydroxylation is 1. The minimum Gasteiger partial charge on any atom is -0.366 e. The number of rotatable bonds is 2. The van der Waals surface area contributed by atoms with Crippen molar-refractivity contribution in [1.82, 2.24) is 9.97 Å². The molecule has 1 aliphatic heterocycles. The molecule has 0 radical (unpaired) electrons. The monoisotopic (exact) mass is 265 g/mol. The smallest absolute Gasteiger partial charge is 0.147 e. The summed E-state index contributed by atoms with van der Waals surface area (Å²) in [5.41, 5.74) is 2.34. The third-order valence-corrected chi connectivity index (χ3v) is 5.24. The molecule has 3 heterocycles. The van der Waals surface area contributed by atoms with Gasteiger partial charge in [-0.15, -0.1) is 11.3 Å². The summed E-state index contributed by atoms with van der Waals surface area (Å²) in [5, 5.41) is 5.74. The van der Waals surface area contributed by atoms with E-state index in [1.54, 1.807) is 17.7 Å². The van der Waals surface area contributed by atoms with E-state index in [4.69, 9.17) is 0 Å². The number of hydrogen-bond acceptors (Lipinski definition) is 5. The number of hydrogen-bond donors (Lipinski definition) is 1. The standard InChI is InChI=1S/C12H15N3S2/c1-8-6-17-11-10(8)13-7-14-12(11)15-9-2-4-16-5-3-9/h6-7,9H,2-5H2,1H3,(H,13,14,15). The van der Waals surface area contributed by atoms with E-state index >= 15 is 0 Å². The van der Waals surface area contributed by atoms with Gasteiger partial charge >= 0.3 is 0 Å². The van der Waals surface area contributed by atoms with Crippen LogP contribution in [0.1, 0.15) is 18.4 Å². The summed E-state index contributed by atoms with van der Waals surface area (Å²) in [7, 11) is 0. The van der Waals surface area contributed by atoms with Gasteiger partial charge in [0, 0.05) is 6.04 Å². The molecule has 0 amide bonds. The molecule has 0 aliphatic carbocycles. The topological polar surface area (TPSA) is 37.8 Å². The lowest BCUT2D eigenvalue weighted by molar-refractivity contribution is 0.664. The summed E-state index contributed by atoms with van der Waals surface area (Å²) in [4.78, 5) is 8.75. The molecule has 2 aromatic rings. The largest absolute Gasteiger partial charge is 0.366 e. The first-order chi connectivity index (χ1) is 8.34. The minimum atomic E-state index is 0.580. The molecule has 0 spiro atoms. The second-order valence-corrected chi connectivity index (χ2v) is 6.45. The Kier molecular flexibility index (Phi) is 3.20. The summed E-state index contributed by atoms with van der Waals surface area (Å²) in [6, 6.07) is 0.580. The molecule has 1 aliphatic rings. The van der Waals surface area contributed by atoms with Gasteiger partial charge in [-0.25, -0.2) is 9.97 Å². The zero-order chi connectivity index (χ0) is 11.7. The quantitative estimate of drug-likeness (QED) is 0.904. The number of fused-ring (bicyclic) bond motifs is 1. The summed E-state index contributed by atoms with van der Waals surface area (Å²) < 4.78 is 1.20. The Morgan fingerprint density at radius 3 is 2.94 bits per heavy atom. The number of nitrogens with one attached hydrogen (secondary N) is 1. The SMILES string of the molecule is Cc1csc2c(NC3CCSCC3)ncnc12. The van der Waals surface area contributed by atoms with Crippen molar-refractivity contribution in [2.75, 3.05) is 16.8 Å². The van der Waals surface area contributed by atoms with E-state index in [1.165, 1.54) is 34.6 Å². The van der Waals surface area contributed by atoms with Gasteiger partial charge in [0.2, 0.25) is 0 Å². The number of thiophene rings is 1. The van der Waals surface area contributed by atoms with Crippen LogP contribution in [0.2, 0.25) is 0 Å². The molecule has 1 fully saturated rings. The zero-order valence-corrected chi connectivity index (χ0v) is 11.4. The normalized spacial score (nSPS) is 17.5. The van der Waals surface area contributed by atoms with Crippen LogP contribution < -0.4 is 5.32 Å². The van der Waals surface area contributed by atoms with Crippen molar-refractivity contribution in [3.8, 4) is 0 Å². The Morgan fingerprint density at radius 1 is 1.29 bits per heavy atom. The van der Waals surface area contributed by atoms with Crippen molar-refractivity contribution >= 4 is 39.1 Å². The summed E-state index contributed by atoms with van der Waals surface area (Å²) in [5.74, 6) is 3.54. The molecular weight excluding hydrogens is 250 g/mol. The molecule has 17 heavy (non-hydrogen) atoms. The van der Waals surface area contributed by atoms with Crippen molar-refractivity contribution in [2.24, 2.45) is 0 Å². The van der Waals surface area contributed by atoms with Crippen LogP contribution in [0, 0.1) is 6.92 Å². The van der Waals surface area contributed by atoms with Crippen LogP contribution in [0.3, 0.4) is 0 Å². The highest BCUT2D eigenvalue weighted by molar-refractivity contribution is 7.99. The van der Waals surface area contributed by atoms with Crippen LogP contribution in [0.5, 0.6) is 0 Å². The third kappa shape index (κ3) is 2.26. The predicted octanol–water partition coefficient (Wildman–Crippen LogP) is 3.31. The van der Waals surface area contributed by atoms with Gasteiger partial charge in [0.1, 0.15) is 12.1 Å². The van der Waals surface area contributed by atoms with E-state index < -0.39 is 0 Å². The van der Waals surface area contributed by atoms with E-state index in [0.29, 0.717) is 6.04 Å². The van der Waals surface area contributed by atoms with Gasteiger partial charge in [-0.3, -0.25) is 0 Å². The highest BCUT2D eigenvalue weighted by Gasteiger charge is 2.16. The third-order valence-electron chi connectivity index (χ3n) is 3.09. The van der Waals surface area contributed by atoms with Crippen LogP contribution in [0.4, 0.5) is 5.82 Å². The predicted molar refractivity (Wildman–Crippen MR) is 76.1 cm³/mol. The Morgan fingerprint density at radius 2 is 2.12 bits per heavy atom. The van der Waals surface area contributed by atoms with Crippen LogP contribution in [0.15, 0.2) is 11.7 Å². The summed E-state index contributed by atoms with van der Waals surface area (Å²) in [6.07, 6.45) is 4.14. The van der Waals surface area contributed by atoms with Gasteiger partial charge < -0.3 is 5.32 Å². The molecule has 0 bridgehead atoms. The fraction of sp³-hybridized carbons (Fsp3) is 0.500. The maximum absolute atomic E-state index is 4.40. The van der Waals surface area contributed by atoms with Gasteiger partial charge in [-0.2, -0.15) is 11.8 Å². The summed E-state index contributed by atoms with van der Waals surface area (Å²) in [6.45, 7) is 2.10. The lowest BCUT2D eigenvalue weighted by Gasteiger charge is -2.23. The van der Waals surface area contributed by atoms with Crippen molar-refractivity contribution in [3.63, 3.8) is 0 Å². The fourth-order valence-electron chi connectivity index (χ4n) is 2.11. The van der Waals surface area contributed by atoms with Crippen molar-refractivity contribution in [1.29, 1.82) is 0 Å². The Balaban J connectivity index is 1.89. The molecule has 0 saturated carbocycles. The zero-order valence-electron chi connectivity index (χ0n) is 9.77. The van der Waals surface area contributed by atoms with E-state index in [1.807, 2.05) is 11.8 Å². The lowest BCUT2D eigenvalue weighted by atomic mass is 10.1. The van der Waals surface area contributed by atoms with Crippen molar-refractivity contribution < 1.29 is 0 Å². The first kappa shape index (κ1) is 11.3. The molecule has 3 rings (SSSR count). The first-order valence-corrected chi connectivity index (χ1v) is 7.91. The fourth-order valence-corrected chi connectivity index (χ4v) is 4.17. The Hall–Kier alpha value is -0.810. The number of nitrogens with zero attached hydrogens (tertiary/aromatic N) is 2. The average Bonchev–Trinajstić information content (AvgIpc) is 2.74. The second kappa shape index (κ2) is 4.82. The molecule has 5 heteroatoms. The van der Waals surface area contributed by atoms with Crippen molar-refractivity contribution in [3.05, 3.63) is 17.3 Å². The van der Waals surface area contributed by atoms with Crippen LogP contribution in [-0.2, 0) is 0 Å². The van der Waals surface area contributed by atoms with Gasteiger partial charge in [-0.05, 0) is 42.2 Å². The molecule has 3 nitrogen and oxygen atoms in total. The number of thioether (sulfide) groups is 1. The van der Waals surface area contributed by atoms with E-state index in [2.05, 4.69) is 27.6 Å². The highest BCUT2D eigenvalue weighted by atomic mass is 32.2. The maximum atomic E-state index is 4.40. The van der Waals surface area contributed by atoms with Gasteiger partial charge in [0.15, 0.2) is 0 Å². The average molecular weight is 265 g/mol.